The van der Waals surface area contributed by atoms with E-state index in [1.807, 2.05) is 29.2 Å². The van der Waals surface area contributed by atoms with E-state index in [4.69, 9.17) is 16.6 Å². The molecule has 13 heteroatoms. The Morgan fingerprint density at radius 2 is 1.82 bits per heavy atom. The van der Waals surface area contributed by atoms with Crippen LogP contribution >= 0.6 is 45.6 Å². The third-order valence-corrected chi connectivity index (χ3v) is 13.0. The summed E-state index contributed by atoms with van der Waals surface area (Å²) in [4.78, 5) is 33.3. The zero-order chi connectivity index (χ0) is 27.3. The molecule has 1 fully saturated rings. The van der Waals surface area contributed by atoms with E-state index in [2.05, 4.69) is 5.32 Å². The van der Waals surface area contributed by atoms with Gasteiger partial charge in [-0.05, 0) is 49.1 Å². The van der Waals surface area contributed by atoms with Crippen LogP contribution in [0.15, 0.2) is 40.6 Å². The molecule has 5 heterocycles. The average Bonchev–Trinajstić information content (AvgIpc) is 3.64. The van der Waals surface area contributed by atoms with E-state index >= 15 is 0 Å². The normalized spacial score (nSPS) is 16.9. The van der Waals surface area contributed by atoms with Crippen molar-refractivity contribution in [2.45, 2.75) is 36.9 Å². The van der Waals surface area contributed by atoms with Crippen LogP contribution in [-0.4, -0.2) is 54.1 Å². The first-order valence-electron chi connectivity index (χ1n) is 12.5. The van der Waals surface area contributed by atoms with Crippen molar-refractivity contribution >= 4 is 82.7 Å². The monoisotopic (exact) mass is 620 g/mol. The Balaban J connectivity index is 1.24. The lowest BCUT2D eigenvalue weighted by Crippen LogP contribution is -2.41. The van der Waals surface area contributed by atoms with E-state index in [0.717, 1.165) is 47.6 Å². The highest BCUT2D eigenvalue weighted by Gasteiger charge is 2.34. The van der Waals surface area contributed by atoms with Crippen LogP contribution in [0.1, 0.15) is 30.2 Å². The SMILES string of the molecule is CC(=O)N1CCc2c(sc(NC(=O)C3CCN(S(=O)(=O)c4ccc(Cl)s4)CC3)c2-c2nc3ccccc3s2)C1. The molecule has 2 aliphatic rings. The van der Waals surface area contributed by atoms with Crippen molar-refractivity contribution in [2.24, 2.45) is 5.92 Å². The molecule has 8 nitrogen and oxygen atoms in total. The lowest BCUT2D eigenvalue weighted by atomic mass is 9.97. The number of nitrogens with zero attached hydrogens (tertiary/aromatic N) is 3. The number of thiazole rings is 1. The Kier molecular flexibility index (Phi) is 7.27. The van der Waals surface area contributed by atoms with Gasteiger partial charge in [-0.2, -0.15) is 4.31 Å². The largest absolute Gasteiger partial charge is 0.337 e. The highest BCUT2D eigenvalue weighted by molar-refractivity contribution is 7.91. The van der Waals surface area contributed by atoms with Crippen molar-refractivity contribution in [3.8, 4) is 10.6 Å². The van der Waals surface area contributed by atoms with Gasteiger partial charge in [-0.1, -0.05) is 23.7 Å². The molecule has 0 spiro atoms. The molecule has 3 aromatic heterocycles. The first kappa shape index (κ1) is 26.9. The summed E-state index contributed by atoms with van der Waals surface area (Å²) in [6.07, 6.45) is 1.57. The van der Waals surface area contributed by atoms with Crippen LogP contribution in [0.2, 0.25) is 4.34 Å². The van der Waals surface area contributed by atoms with Crippen molar-refractivity contribution in [2.75, 3.05) is 25.0 Å². The number of benzene rings is 1. The standard InChI is InChI=1S/C26H25ClN4O4S4/c1-15(32)30-11-10-17-20(14-30)37-26(23(17)25-28-18-4-2-3-5-19(18)36-25)29-24(33)16-8-12-31(13-9-16)39(34,35)22-7-6-21(27)38-22/h2-7,16H,8-14H2,1H3,(H,29,33). The fourth-order valence-electron chi connectivity index (χ4n) is 5.10. The van der Waals surface area contributed by atoms with Crippen molar-refractivity contribution < 1.29 is 18.0 Å². The van der Waals surface area contributed by atoms with Gasteiger partial charge in [-0.15, -0.1) is 34.0 Å². The van der Waals surface area contributed by atoms with Crippen molar-refractivity contribution in [1.29, 1.82) is 0 Å². The van der Waals surface area contributed by atoms with E-state index in [-0.39, 0.29) is 35.0 Å². The first-order valence-corrected chi connectivity index (χ1v) is 16.8. The van der Waals surface area contributed by atoms with Gasteiger partial charge < -0.3 is 10.2 Å². The second-order valence-electron chi connectivity index (χ2n) is 9.61. The zero-order valence-electron chi connectivity index (χ0n) is 21.0. The number of hydrogen-bond donors (Lipinski definition) is 1. The molecule has 0 saturated carbocycles. The highest BCUT2D eigenvalue weighted by atomic mass is 35.5. The summed E-state index contributed by atoms with van der Waals surface area (Å²) in [7, 11) is -3.62. The number of fused-ring (bicyclic) bond motifs is 2. The molecule has 1 saturated heterocycles. The van der Waals surface area contributed by atoms with Crippen LogP contribution in [-0.2, 0) is 32.6 Å². The maximum Gasteiger partial charge on any atom is 0.252 e. The number of aromatic nitrogens is 1. The predicted molar refractivity (Wildman–Crippen MR) is 157 cm³/mol. The first-order chi connectivity index (χ1) is 18.7. The fraction of sp³-hybridized carbons (Fsp3) is 0.346. The Morgan fingerprint density at radius 3 is 2.51 bits per heavy atom. The molecule has 2 amide bonds. The minimum absolute atomic E-state index is 0.0349. The number of thiophene rings is 2. The summed E-state index contributed by atoms with van der Waals surface area (Å²) in [6.45, 7) is 3.28. The maximum atomic E-state index is 13.5. The minimum atomic E-state index is -3.62. The quantitative estimate of drug-likeness (QED) is 0.309. The Labute approximate surface area is 243 Å². The summed E-state index contributed by atoms with van der Waals surface area (Å²) < 4.78 is 29.1. The van der Waals surface area contributed by atoms with Crippen molar-refractivity contribution in [3.63, 3.8) is 0 Å². The topological polar surface area (TPSA) is 99.7 Å². The molecular weight excluding hydrogens is 596 g/mol. The molecule has 39 heavy (non-hydrogen) atoms. The molecule has 1 aromatic carbocycles. The average molecular weight is 621 g/mol. The number of sulfonamides is 1. The summed E-state index contributed by atoms with van der Waals surface area (Å²) in [5.41, 5.74) is 3.00. The molecule has 0 atom stereocenters. The number of carbonyl (C=O) groups excluding carboxylic acids is 2. The molecule has 0 bridgehead atoms. The Morgan fingerprint density at radius 1 is 1.05 bits per heavy atom. The van der Waals surface area contributed by atoms with Crippen molar-refractivity contribution in [3.05, 3.63) is 51.2 Å². The summed E-state index contributed by atoms with van der Waals surface area (Å²) in [5, 5.41) is 4.78. The number of anilines is 1. The number of amides is 2. The molecule has 1 N–H and O–H groups in total. The van der Waals surface area contributed by atoms with Crippen LogP contribution in [0.4, 0.5) is 5.00 Å². The van der Waals surface area contributed by atoms with Crippen molar-refractivity contribution in [1.82, 2.24) is 14.2 Å². The number of rotatable bonds is 5. The van der Waals surface area contributed by atoms with E-state index in [1.165, 1.54) is 21.7 Å². The lowest BCUT2D eigenvalue weighted by molar-refractivity contribution is -0.129. The van der Waals surface area contributed by atoms with Crippen LogP contribution in [0, 0.1) is 5.92 Å². The van der Waals surface area contributed by atoms with Crippen LogP contribution in [0.3, 0.4) is 0 Å². The molecule has 0 unspecified atom stereocenters. The molecular formula is C26H25ClN4O4S4. The summed E-state index contributed by atoms with van der Waals surface area (Å²) >= 11 is 10.1. The molecule has 6 rings (SSSR count). The highest BCUT2D eigenvalue weighted by Crippen LogP contribution is 2.46. The predicted octanol–water partition coefficient (Wildman–Crippen LogP) is 5.68. The van der Waals surface area contributed by atoms with Gasteiger partial charge >= 0.3 is 0 Å². The van der Waals surface area contributed by atoms with E-state index in [0.29, 0.717) is 36.7 Å². The van der Waals surface area contributed by atoms with Gasteiger partial charge in [0.15, 0.2) is 0 Å². The fourth-order valence-corrected chi connectivity index (χ4v) is 10.6. The Hall–Kier alpha value is -2.35. The number of nitrogens with one attached hydrogen (secondary N) is 1. The molecule has 204 valence electrons. The smallest absolute Gasteiger partial charge is 0.252 e. The Bertz CT molecular complexity index is 1650. The van der Waals surface area contributed by atoms with Crippen LogP contribution in [0.25, 0.3) is 20.8 Å². The number of piperidine rings is 1. The maximum absolute atomic E-state index is 13.5. The van der Waals surface area contributed by atoms with Gasteiger partial charge in [-0.25, -0.2) is 13.4 Å². The number of hydrogen-bond acceptors (Lipinski definition) is 8. The van der Waals surface area contributed by atoms with Gasteiger partial charge in [0.1, 0.15) is 14.2 Å². The van der Waals surface area contributed by atoms with Gasteiger partial charge in [0, 0.05) is 42.9 Å². The minimum Gasteiger partial charge on any atom is -0.337 e. The molecule has 4 aromatic rings. The summed E-state index contributed by atoms with van der Waals surface area (Å²) in [6, 6.07) is 11.1. The molecule has 2 aliphatic heterocycles. The number of carbonyl (C=O) groups is 2. The van der Waals surface area contributed by atoms with Gasteiger partial charge in [0.25, 0.3) is 10.0 Å². The van der Waals surface area contributed by atoms with Crippen LogP contribution in [0.5, 0.6) is 0 Å². The van der Waals surface area contributed by atoms with E-state index in [9.17, 15) is 18.0 Å². The van der Waals surface area contributed by atoms with Gasteiger partial charge in [-0.3, -0.25) is 9.59 Å². The molecule has 0 aliphatic carbocycles. The van der Waals surface area contributed by atoms with Crippen LogP contribution < -0.4 is 5.32 Å². The van der Waals surface area contributed by atoms with E-state index in [1.54, 1.807) is 24.3 Å². The van der Waals surface area contributed by atoms with Gasteiger partial charge in [0.05, 0.1) is 21.1 Å². The summed E-state index contributed by atoms with van der Waals surface area (Å²) in [5.74, 6) is -0.386. The lowest BCUT2D eigenvalue weighted by Gasteiger charge is -2.30. The second kappa shape index (κ2) is 10.6. The van der Waals surface area contributed by atoms with Gasteiger partial charge in [0.2, 0.25) is 11.8 Å². The second-order valence-corrected chi connectivity index (χ2v) is 15.6. The number of para-hydroxylation sites is 1. The third-order valence-electron chi connectivity index (χ3n) is 7.21. The number of halogens is 1. The van der Waals surface area contributed by atoms with E-state index < -0.39 is 10.0 Å². The molecule has 0 radical (unpaired) electrons. The third kappa shape index (κ3) is 5.14. The zero-order valence-corrected chi connectivity index (χ0v) is 25.0.